The Morgan fingerprint density at radius 3 is 2.72 bits per heavy atom. The number of esters is 1. The summed E-state index contributed by atoms with van der Waals surface area (Å²) < 4.78 is 50.3. The van der Waals surface area contributed by atoms with Crippen LogP contribution in [0.3, 0.4) is 0 Å². The maximum Gasteiger partial charge on any atom is 0.490 e. The first-order valence-electron chi connectivity index (χ1n) is 11.3. The largest absolute Gasteiger partial charge is 0.490 e. The van der Waals surface area contributed by atoms with Crippen molar-refractivity contribution in [3.8, 4) is 11.8 Å². The van der Waals surface area contributed by atoms with Crippen LogP contribution in [0.1, 0.15) is 19.8 Å². The molecule has 3 rings (SSSR count). The number of carbonyl (C=O) groups is 1. The van der Waals surface area contributed by atoms with E-state index < -0.39 is 29.6 Å². The van der Waals surface area contributed by atoms with E-state index >= 15 is 0 Å². The van der Waals surface area contributed by atoms with Gasteiger partial charge in [-0.2, -0.15) is 13.2 Å². The Labute approximate surface area is 205 Å². The number of hydrogen-bond acceptors (Lipinski definition) is 9. The van der Waals surface area contributed by atoms with Crippen molar-refractivity contribution in [3.05, 3.63) is 33.2 Å². The van der Waals surface area contributed by atoms with Crippen LogP contribution < -0.4 is 27.2 Å². The third kappa shape index (κ3) is 5.85. The number of anilines is 2. The Bertz CT molecular complexity index is 1180. The minimum atomic E-state index is -5.14. The van der Waals surface area contributed by atoms with Crippen LogP contribution in [-0.2, 0) is 27.9 Å². The Hall–Kier alpha value is -3.44. The van der Waals surface area contributed by atoms with Gasteiger partial charge in [0.05, 0.1) is 25.7 Å². The van der Waals surface area contributed by atoms with E-state index in [1.54, 1.807) is 11.8 Å². The Balaban J connectivity index is 1.95. The number of nitrogen functional groups attached to an aromatic ring is 1. The fourth-order valence-electron chi connectivity index (χ4n) is 4.04. The van der Waals surface area contributed by atoms with Crippen molar-refractivity contribution in [2.45, 2.75) is 44.8 Å². The van der Waals surface area contributed by atoms with E-state index in [1.165, 1.54) is 16.5 Å². The van der Waals surface area contributed by atoms with Gasteiger partial charge in [-0.25, -0.2) is 9.59 Å². The summed E-state index contributed by atoms with van der Waals surface area (Å²) in [5.74, 6) is 3.32. The number of alkyl halides is 3. The van der Waals surface area contributed by atoms with Crippen molar-refractivity contribution in [1.82, 2.24) is 19.4 Å². The molecule has 1 aromatic rings. The molecule has 0 bridgehead atoms. The quantitative estimate of drug-likeness (QED) is 0.381. The van der Waals surface area contributed by atoms with Gasteiger partial charge < -0.3 is 25.0 Å². The minimum Gasteiger partial charge on any atom is -0.438 e. The number of piperazine rings is 1. The predicted molar refractivity (Wildman–Crippen MR) is 125 cm³/mol. The highest BCUT2D eigenvalue weighted by Crippen LogP contribution is 2.25. The van der Waals surface area contributed by atoms with Gasteiger partial charge in [0.15, 0.2) is 11.9 Å². The number of nitrogens with one attached hydrogen (secondary N) is 1. The molecular formula is C22H29F3N6O5. The van der Waals surface area contributed by atoms with Gasteiger partial charge >= 0.3 is 17.8 Å². The summed E-state index contributed by atoms with van der Waals surface area (Å²) in [7, 11) is 1.32. The molecular weight excluding hydrogens is 485 g/mol. The lowest BCUT2D eigenvalue weighted by molar-refractivity contribution is -0.207. The van der Waals surface area contributed by atoms with Gasteiger partial charge in [-0.3, -0.25) is 19.2 Å². The summed E-state index contributed by atoms with van der Waals surface area (Å²) in [5, 5.41) is 2.70. The number of hydrogen-bond donors (Lipinski definition) is 2. The van der Waals surface area contributed by atoms with Gasteiger partial charge in [-0.05, 0) is 19.8 Å². The molecule has 14 heteroatoms. The van der Waals surface area contributed by atoms with Crippen LogP contribution in [-0.4, -0.2) is 71.3 Å². The van der Waals surface area contributed by atoms with E-state index in [9.17, 15) is 27.6 Å². The van der Waals surface area contributed by atoms with Gasteiger partial charge in [0.25, 0.3) is 5.56 Å². The topological polar surface area (TPSA) is 124 Å². The van der Waals surface area contributed by atoms with Crippen LogP contribution in [0.15, 0.2) is 22.0 Å². The highest BCUT2D eigenvalue weighted by Gasteiger charge is 2.43. The number of aromatic nitrogens is 2. The maximum absolute atomic E-state index is 13.2. The first kappa shape index (κ1) is 27.2. The summed E-state index contributed by atoms with van der Waals surface area (Å²) in [6, 6.07) is 0. The number of halogens is 3. The van der Waals surface area contributed by atoms with Crippen molar-refractivity contribution in [1.29, 1.82) is 0 Å². The second-order valence-electron chi connectivity index (χ2n) is 8.35. The lowest BCUT2D eigenvalue weighted by Gasteiger charge is -2.39. The standard InChI is InChI=1S/C22H29F3N6O5/c1-4-5-9-30(14(2)29-10-8-27-16(13-29)36-20(33)22(23,24)25)17-18(26)31(12-15-7-6-11-35-15)21(34)28(3)19(17)32/h15-16,27H,2,6-13,26H2,1,3H3. The number of carbonyl (C=O) groups excluding carboxylic acids is 1. The summed E-state index contributed by atoms with van der Waals surface area (Å²) in [5.41, 5.74) is 5.01. The lowest BCUT2D eigenvalue weighted by atomic mass is 10.2. The normalized spacial score (nSPS) is 20.0. The molecule has 2 fully saturated rings. The van der Waals surface area contributed by atoms with Crippen LogP contribution in [0.5, 0.6) is 0 Å². The summed E-state index contributed by atoms with van der Waals surface area (Å²) >= 11 is 0. The van der Waals surface area contributed by atoms with Crippen LogP contribution >= 0.6 is 0 Å². The molecule has 2 aliphatic heterocycles. The van der Waals surface area contributed by atoms with Crippen LogP contribution in [0, 0.1) is 11.8 Å². The zero-order valence-electron chi connectivity index (χ0n) is 20.1. The first-order chi connectivity index (χ1) is 17.0. The molecule has 2 atom stereocenters. The van der Waals surface area contributed by atoms with Gasteiger partial charge in [-0.15, -0.1) is 5.92 Å². The molecule has 2 saturated heterocycles. The average molecular weight is 515 g/mol. The monoisotopic (exact) mass is 514 g/mol. The van der Waals surface area contributed by atoms with E-state index in [0.29, 0.717) is 6.61 Å². The number of ether oxygens (including phenoxy) is 2. The summed E-state index contributed by atoms with van der Waals surface area (Å²) in [4.78, 5) is 40.3. The molecule has 2 aliphatic rings. The van der Waals surface area contributed by atoms with Crippen molar-refractivity contribution in [2.24, 2.45) is 7.05 Å². The zero-order chi connectivity index (χ0) is 26.6. The molecule has 0 amide bonds. The smallest absolute Gasteiger partial charge is 0.438 e. The van der Waals surface area contributed by atoms with Crippen molar-refractivity contribution < 1.29 is 27.4 Å². The van der Waals surface area contributed by atoms with E-state index in [-0.39, 0.29) is 56.2 Å². The minimum absolute atomic E-state index is 0.0379. The maximum atomic E-state index is 13.2. The van der Waals surface area contributed by atoms with Gasteiger partial charge in [-0.1, -0.05) is 12.5 Å². The van der Waals surface area contributed by atoms with E-state index in [1.807, 2.05) is 0 Å². The van der Waals surface area contributed by atoms with Crippen LogP contribution in [0.2, 0.25) is 0 Å². The molecule has 0 saturated carbocycles. The lowest BCUT2D eigenvalue weighted by Crippen LogP contribution is -2.55. The molecule has 36 heavy (non-hydrogen) atoms. The SMILES string of the molecule is C=C(N1CCNC(OC(=O)C(F)(F)F)C1)N(CC#CC)c1c(N)n(CC2CCCO2)c(=O)n(C)c1=O. The van der Waals surface area contributed by atoms with Gasteiger partial charge in [0.2, 0.25) is 0 Å². The van der Waals surface area contributed by atoms with E-state index in [0.717, 1.165) is 17.4 Å². The Kier molecular flexibility index (Phi) is 8.36. The number of rotatable bonds is 7. The average Bonchev–Trinajstić information content (AvgIpc) is 3.35. The second kappa shape index (κ2) is 11.1. The molecule has 3 N–H and O–H groups in total. The molecule has 0 aliphatic carbocycles. The van der Waals surface area contributed by atoms with E-state index in [2.05, 4.69) is 28.5 Å². The number of nitrogens with two attached hydrogens (primary N) is 1. The fraction of sp³-hybridized carbons (Fsp3) is 0.591. The fourth-order valence-corrected chi connectivity index (χ4v) is 4.04. The molecule has 2 unspecified atom stereocenters. The molecule has 0 radical (unpaired) electrons. The van der Waals surface area contributed by atoms with Gasteiger partial charge in [0, 0.05) is 26.7 Å². The number of nitrogens with zero attached hydrogens (tertiary/aromatic N) is 4. The highest BCUT2D eigenvalue weighted by molar-refractivity contribution is 5.75. The van der Waals surface area contributed by atoms with Crippen LogP contribution in [0.4, 0.5) is 24.7 Å². The van der Waals surface area contributed by atoms with Crippen molar-refractivity contribution in [3.63, 3.8) is 0 Å². The highest BCUT2D eigenvalue weighted by atomic mass is 19.4. The molecule has 0 aromatic carbocycles. The van der Waals surface area contributed by atoms with E-state index in [4.69, 9.17) is 10.5 Å². The summed E-state index contributed by atoms with van der Waals surface area (Å²) in [6.07, 6.45) is -5.06. The molecule has 1 aromatic heterocycles. The van der Waals surface area contributed by atoms with Gasteiger partial charge in [0.1, 0.15) is 11.6 Å². The van der Waals surface area contributed by atoms with Crippen LogP contribution in [0.25, 0.3) is 0 Å². The second-order valence-corrected chi connectivity index (χ2v) is 8.35. The zero-order valence-corrected chi connectivity index (χ0v) is 20.1. The Morgan fingerprint density at radius 2 is 2.11 bits per heavy atom. The molecule has 3 heterocycles. The predicted octanol–water partition coefficient (Wildman–Crippen LogP) is -0.0541. The first-order valence-corrected chi connectivity index (χ1v) is 11.3. The third-order valence-electron chi connectivity index (χ3n) is 5.95. The molecule has 11 nitrogen and oxygen atoms in total. The molecule has 198 valence electrons. The van der Waals surface area contributed by atoms with Crippen molar-refractivity contribution >= 4 is 17.5 Å². The third-order valence-corrected chi connectivity index (χ3v) is 5.95. The Morgan fingerprint density at radius 1 is 1.39 bits per heavy atom. The molecule has 0 spiro atoms. The van der Waals surface area contributed by atoms with Crippen molar-refractivity contribution in [2.75, 3.05) is 43.4 Å². The summed E-state index contributed by atoms with van der Waals surface area (Å²) in [6.45, 7) is 6.57.